The molecule has 0 atom stereocenters. The summed E-state index contributed by atoms with van der Waals surface area (Å²) in [6.07, 6.45) is 3.90. The van der Waals surface area contributed by atoms with Crippen LogP contribution in [0.2, 0.25) is 0 Å². The summed E-state index contributed by atoms with van der Waals surface area (Å²) in [4.78, 5) is 12.9. The van der Waals surface area contributed by atoms with Gasteiger partial charge in [0.15, 0.2) is 0 Å². The van der Waals surface area contributed by atoms with Gasteiger partial charge in [0.2, 0.25) is 0 Å². The average molecular weight is 390 g/mol. The van der Waals surface area contributed by atoms with Crippen molar-refractivity contribution in [2.45, 2.75) is 46.5 Å². The first-order valence-corrected chi connectivity index (χ1v) is 10.2. The van der Waals surface area contributed by atoms with E-state index >= 15 is 0 Å². The van der Waals surface area contributed by atoms with E-state index in [4.69, 9.17) is 22.4 Å². The van der Waals surface area contributed by atoms with Crippen LogP contribution in [0.3, 0.4) is 0 Å². The van der Waals surface area contributed by atoms with Crippen molar-refractivity contribution in [3.05, 3.63) is 33.2 Å². The van der Waals surface area contributed by atoms with E-state index in [1.165, 1.54) is 11.1 Å². The third-order valence-corrected chi connectivity index (χ3v) is 5.74. The Morgan fingerprint density at radius 2 is 1.88 bits per heavy atom. The maximum atomic E-state index is 11.8. The average Bonchev–Trinajstić information content (AvgIpc) is 3.10. The molecule has 7 heteroatoms. The number of benzene rings is 1. The van der Waals surface area contributed by atoms with Gasteiger partial charge in [-0.05, 0) is 48.7 Å². The van der Waals surface area contributed by atoms with Crippen LogP contribution in [-0.2, 0) is 12.8 Å². The highest BCUT2D eigenvalue weighted by molar-refractivity contribution is 8.19. The molecule has 3 N–H and O–H groups in total. The number of carbonyl (C=O) groups excluding carboxylic acids is 1. The molecule has 1 saturated heterocycles. The Kier molecular flexibility index (Phi) is 5.67. The van der Waals surface area contributed by atoms with Crippen LogP contribution in [0.15, 0.2) is 11.0 Å². The van der Waals surface area contributed by atoms with Gasteiger partial charge in [0.1, 0.15) is 16.6 Å². The number of carbonyl (C=O) groups is 1. The lowest BCUT2D eigenvalue weighted by Gasteiger charge is -2.18. The Bertz CT molecular complexity index is 831. The molecule has 1 fully saturated rings. The molecule has 26 heavy (non-hydrogen) atoms. The molecule has 138 valence electrons. The summed E-state index contributed by atoms with van der Waals surface area (Å²) in [5, 5.41) is 14.1. The highest BCUT2D eigenvalue weighted by atomic mass is 32.2. The number of amides is 1. The molecule has 2 aliphatic rings. The zero-order chi connectivity index (χ0) is 18.8. The Labute approximate surface area is 163 Å². The van der Waals surface area contributed by atoms with E-state index in [9.17, 15) is 4.79 Å². The van der Waals surface area contributed by atoms with Crippen molar-refractivity contribution in [3.63, 3.8) is 0 Å². The third kappa shape index (κ3) is 3.25. The Hall–Kier alpha value is -1.86. The minimum Gasteiger partial charge on any atom is -0.493 e. The lowest BCUT2D eigenvalue weighted by molar-refractivity contribution is 0.265. The van der Waals surface area contributed by atoms with Crippen molar-refractivity contribution in [1.29, 1.82) is 5.41 Å². The van der Waals surface area contributed by atoms with E-state index in [1.54, 1.807) is 0 Å². The first-order valence-electron chi connectivity index (χ1n) is 8.97. The smallest absolute Gasteiger partial charge is 0.289 e. The van der Waals surface area contributed by atoms with Crippen molar-refractivity contribution in [2.75, 3.05) is 6.61 Å². The molecule has 0 bridgehead atoms. The van der Waals surface area contributed by atoms with Gasteiger partial charge < -0.3 is 15.4 Å². The summed E-state index contributed by atoms with van der Waals surface area (Å²) in [6, 6.07) is 2.09. The molecular formula is C19H23N3O2S2. The fraction of sp³-hybridized carbons (Fsp3) is 0.421. The molecule has 1 aromatic rings. The van der Waals surface area contributed by atoms with Crippen molar-refractivity contribution in [1.82, 2.24) is 10.6 Å². The highest BCUT2D eigenvalue weighted by Gasteiger charge is 2.35. The summed E-state index contributed by atoms with van der Waals surface area (Å²) < 4.78 is 5.87. The molecule has 2 aliphatic heterocycles. The van der Waals surface area contributed by atoms with Gasteiger partial charge in [0, 0.05) is 5.56 Å². The second-order valence-corrected chi connectivity index (χ2v) is 7.63. The third-order valence-electron chi connectivity index (χ3n) is 4.40. The van der Waals surface area contributed by atoms with Crippen LogP contribution in [0, 0.1) is 5.41 Å². The normalized spacial score (nSPS) is 18.8. The number of rotatable bonds is 6. The Balaban J connectivity index is 2.31. The molecule has 0 aliphatic carbocycles. The largest absolute Gasteiger partial charge is 0.493 e. The standard InChI is InChI=1S/C19H23N3O2S2/c1-4-7-10-9-12(24-6-3)14-13(11(10)8-5-2)15(21-17(14)20)16-18(25)22-19(23)26-16/h9H,4-8H2,1-3H3,(H2,20,21)(H,22,23,25)/b16-15+. The maximum Gasteiger partial charge on any atom is 0.289 e. The summed E-state index contributed by atoms with van der Waals surface area (Å²) in [5.41, 5.74) is 5.00. The number of thiocarbonyl (C=S) groups is 1. The van der Waals surface area contributed by atoms with Gasteiger partial charge in [0.25, 0.3) is 5.24 Å². The number of hydrogen-bond donors (Lipinski definition) is 3. The van der Waals surface area contributed by atoms with Crippen LogP contribution in [-0.4, -0.2) is 22.7 Å². The molecule has 0 spiro atoms. The van der Waals surface area contributed by atoms with Crippen molar-refractivity contribution < 1.29 is 9.53 Å². The van der Waals surface area contributed by atoms with E-state index in [1.807, 2.05) is 6.92 Å². The van der Waals surface area contributed by atoms with Crippen LogP contribution in [0.25, 0.3) is 5.70 Å². The van der Waals surface area contributed by atoms with Crippen LogP contribution in [0.5, 0.6) is 5.75 Å². The fourth-order valence-corrected chi connectivity index (χ4v) is 4.59. The zero-order valence-electron chi connectivity index (χ0n) is 15.2. The van der Waals surface area contributed by atoms with Gasteiger partial charge in [0.05, 0.1) is 22.8 Å². The van der Waals surface area contributed by atoms with E-state index in [0.717, 1.165) is 60.0 Å². The van der Waals surface area contributed by atoms with E-state index < -0.39 is 0 Å². The molecule has 0 radical (unpaired) electrons. The molecule has 0 saturated carbocycles. The quantitative estimate of drug-likeness (QED) is 0.498. The van der Waals surface area contributed by atoms with Crippen LogP contribution in [0.1, 0.15) is 55.9 Å². The number of amidine groups is 1. The summed E-state index contributed by atoms with van der Waals surface area (Å²) in [7, 11) is 0. The van der Waals surface area contributed by atoms with Crippen molar-refractivity contribution >= 4 is 45.7 Å². The number of nitrogens with one attached hydrogen (secondary N) is 3. The van der Waals surface area contributed by atoms with Crippen LogP contribution >= 0.6 is 24.0 Å². The Morgan fingerprint density at radius 1 is 1.15 bits per heavy atom. The van der Waals surface area contributed by atoms with Gasteiger partial charge in [-0.15, -0.1) is 0 Å². The number of ether oxygens (including phenoxy) is 1. The lowest BCUT2D eigenvalue weighted by Crippen LogP contribution is -2.19. The lowest BCUT2D eigenvalue weighted by atomic mass is 9.90. The first-order chi connectivity index (χ1) is 12.5. The molecule has 1 amide bonds. The molecule has 1 aromatic carbocycles. The number of thioether (sulfide) groups is 1. The molecular weight excluding hydrogens is 366 g/mol. The second kappa shape index (κ2) is 7.80. The molecule has 3 rings (SSSR count). The SMILES string of the molecule is CCCc1cc(OCC)c2c(c1CCC)/C(=C1\SC(=O)NC1=S)NC2=N. The summed E-state index contributed by atoms with van der Waals surface area (Å²) in [5.74, 6) is 1.03. The van der Waals surface area contributed by atoms with E-state index in [-0.39, 0.29) is 5.24 Å². The number of hydrogen-bond acceptors (Lipinski definition) is 5. The van der Waals surface area contributed by atoms with Gasteiger partial charge in [-0.2, -0.15) is 0 Å². The topological polar surface area (TPSA) is 74.2 Å². The van der Waals surface area contributed by atoms with Crippen molar-refractivity contribution in [2.24, 2.45) is 0 Å². The Morgan fingerprint density at radius 3 is 2.46 bits per heavy atom. The van der Waals surface area contributed by atoms with Gasteiger partial charge in [-0.25, -0.2) is 0 Å². The first kappa shape index (κ1) is 18.9. The summed E-state index contributed by atoms with van der Waals surface area (Å²) >= 11 is 6.44. The van der Waals surface area contributed by atoms with Crippen molar-refractivity contribution in [3.8, 4) is 5.75 Å². The van der Waals surface area contributed by atoms with Crippen LogP contribution in [0.4, 0.5) is 4.79 Å². The molecule has 0 unspecified atom stereocenters. The highest BCUT2D eigenvalue weighted by Crippen LogP contribution is 2.42. The minimum atomic E-state index is -0.175. The summed E-state index contributed by atoms with van der Waals surface area (Å²) in [6.45, 7) is 6.80. The van der Waals surface area contributed by atoms with Crippen LogP contribution < -0.4 is 15.4 Å². The predicted octanol–water partition coefficient (Wildman–Crippen LogP) is 4.37. The van der Waals surface area contributed by atoms with Gasteiger partial charge >= 0.3 is 0 Å². The maximum absolute atomic E-state index is 11.8. The molecule has 0 aromatic heterocycles. The minimum absolute atomic E-state index is 0.175. The molecule has 5 nitrogen and oxygen atoms in total. The number of fused-ring (bicyclic) bond motifs is 1. The number of aryl methyl sites for hydroxylation is 1. The van der Waals surface area contributed by atoms with E-state index in [2.05, 4.69) is 30.5 Å². The van der Waals surface area contributed by atoms with E-state index in [0.29, 0.717) is 22.3 Å². The fourth-order valence-electron chi connectivity index (χ4n) is 3.47. The predicted molar refractivity (Wildman–Crippen MR) is 111 cm³/mol. The monoisotopic (exact) mass is 389 g/mol. The molecule has 2 heterocycles. The van der Waals surface area contributed by atoms with Gasteiger partial charge in [-0.1, -0.05) is 38.9 Å². The second-order valence-electron chi connectivity index (χ2n) is 6.24. The zero-order valence-corrected chi connectivity index (χ0v) is 16.9. The van der Waals surface area contributed by atoms with Gasteiger partial charge in [-0.3, -0.25) is 10.2 Å².